The number of piperidine rings is 1. The van der Waals surface area contributed by atoms with E-state index >= 15 is 0 Å². The molecule has 2 bridgehead atoms. The quantitative estimate of drug-likeness (QED) is 0.527. The fourth-order valence-corrected chi connectivity index (χ4v) is 6.19. The van der Waals surface area contributed by atoms with Gasteiger partial charge in [0.15, 0.2) is 16.4 Å². The first-order valence-electron chi connectivity index (χ1n) is 9.33. The van der Waals surface area contributed by atoms with Crippen molar-refractivity contribution in [3.63, 3.8) is 0 Å². The van der Waals surface area contributed by atoms with E-state index in [1.54, 1.807) is 6.07 Å². The van der Waals surface area contributed by atoms with E-state index in [9.17, 15) is 23.3 Å². The number of sulfonamides is 1. The van der Waals surface area contributed by atoms with E-state index in [-0.39, 0.29) is 12.3 Å². The normalized spacial score (nSPS) is 20.5. The Morgan fingerprint density at radius 2 is 1.77 bits per heavy atom. The lowest BCUT2D eigenvalue weighted by Crippen LogP contribution is -2.52. The Kier molecular flexibility index (Phi) is 4.89. The summed E-state index contributed by atoms with van der Waals surface area (Å²) in [4.78, 5) is 23.0. The number of nitro groups is 1. The third-order valence-corrected chi connectivity index (χ3v) is 7.62. The Hall–Kier alpha value is -3.14. The number of rotatable bonds is 5. The lowest BCUT2D eigenvalue weighted by Gasteiger charge is -2.42. The number of benzene rings is 2. The van der Waals surface area contributed by atoms with E-state index in [0.717, 1.165) is 27.6 Å². The van der Waals surface area contributed by atoms with Gasteiger partial charge in [-0.2, -0.15) is 0 Å². The van der Waals surface area contributed by atoms with Crippen molar-refractivity contribution < 1.29 is 27.6 Å². The van der Waals surface area contributed by atoms with E-state index in [0.29, 0.717) is 24.3 Å². The van der Waals surface area contributed by atoms with E-state index < -0.39 is 37.5 Å². The van der Waals surface area contributed by atoms with Crippen molar-refractivity contribution >= 4 is 21.6 Å². The van der Waals surface area contributed by atoms with Crippen LogP contribution in [0.1, 0.15) is 29.9 Å². The maximum atomic E-state index is 13.3. The summed E-state index contributed by atoms with van der Waals surface area (Å²) in [7, 11) is -1.34. The first-order valence-corrected chi connectivity index (χ1v) is 10.8. The van der Waals surface area contributed by atoms with E-state index in [4.69, 9.17) is 9.47 Å². The number of methoxy groups -OCH3 is 2. The van der Waals surface area contributed by atoms with Crippen LogP contribution in [0.15, 0.2) is 41.3 Å². The van der Waals surface area contributed by atoms with Crippen LogP contribution in [0.3, 0.4) is 0 Å². The standard InChI is InChI=1S/C20H20N2O7S/c1-28-17-9-12-7-14-8-13(15(12)11-18(17)29-2)10-20(23)21(14)30(26,27)19-6-4-3-5-16(19)22(24)25/h3-6,9,11,13-14H,7-8,10H2,1-2H3/t13-,14+/m0/s1. The Morgan fingerprint density at radius 1 is 1.10 bits per heavy atom. The predicted molar refractivity (Wildman–Crippen MR) is 106 cm³/mol. The predicted octanol–water partition coefficient (Wildman–Crippen LogP) is 2.63. The van der Waals surface area contributed by atoms with Gasteiger partial charge in [0.25, 0.3) is 15.7 Å². The van der Waals surface area contributed by atoms with Gasteiger partial charge in [-0.3, -0.25) is 14.9 Å². The molecule has 0 radical (unpaired) electrons. The second kappa shape index (κ2) is 7.28. The van der Waals surface area contributed by atoms with Gasteiger partial charge in [0.1, 0.15) is 0 Å². The Balaban J connectivity index is 1.78. The summed E-state index contributed by atoms with van der Waals surface area (Å²) in [6.45, 7) is 0. The molecular weight excluding hydrogens is 412 g/mol. The second-order valence-corrected chi connectivity index (χ2v) is 9.10. The number of hydrogen-bond acceptors (Lipinski definition) is 7. The van der Waals surface area contributed by atoms with Gasteiger partial charge in [0.2, 0.25) is 5.91 Å². The van der Waals surface area contributed by atoms with Crippen LogP contribution in [-0.2, 0) is 21.2 Å². The van der Waals surface area contributed by atoms with Gasteiger partial charge in [0.05, 0.1) is 25.2 Å². The molecule has 30 heavy (non-hydrogen) atoms. The molecule has 1 fully saturated rings. The van der Waals surface area contributed by atoms with Crippen LogP contribution in [-0.4, -0.2) is 43.8 Å². The van der Waals surface area contributed by atoms with Crippen LogP contribution in [0.25, 0.3) is 0 Å². The van der Waals surface area contributed by atoms with Crippen LogP contribution in [0.5, 0.6) is 11.5 Å². The molecule has 10 heteroatoms. The fraction of sp³-hybridized carbons (Fsp3) is 0.350. The van der Waals surface area contributed by atoms with Crippen molar-refractivity contribution in [1.29, 1.82) is 0 Å². The molecule has 0 spiro atoms. The number of amides is 1. The monoisotopic (exact) mass is 432 g/mol. The molecule has 1 aliphatic carbocycles. The Morgan fingerprint density at radius 3 is 2.43 bits per heavy atom. The van der Waals surface area contributed by atoms with Crippen molar-refractivity contribution in [2.24, 2.45) is 0 Å². The summed E-state index contributed by atoms with van der Waals surface area (Å²) in [6, 6.07) is 8.11. The molecule has 2 aromatic carbocycles. The molecule has 1 aliphatic heterocycles. The zero-order chi connectivity index (χ0) is 21.6. The summed E-state index contributed by atoms with van der Waals surface area (Å²) >= 11 is 0. The molecule has 0 unspecified atom stereocenters. The Bertz CT molecular complexity index is 1150. The third kappa shape index (κ3) is 3.07. The van der Waals surface area contributed by atoms with Crippen LogP contribution < -0.4 is 9.47 Å². The van der Waals surface area contributed by atoms with E-state index in [1.165, 1.54) is 26.4 Å². The molecule has 0 N–H and O–H groups in total. The third-order valence-electron chi connectivity index (χ3n) is 5.69. The van der Waals surface area contributed by atoms with Crippen LogP contribution >= 0.6 is 0 Å². The largest absolute Gasteiger partial charge is 0.493 e. The molecule has 1 amide bonds. The topological polar surface area (TPSA) is 116 Å². The van der Waals surface area contributed by atoms with Crippen LogP contribution in [0, 0.1) is 10.1 Å². The minimum Gasteiger partial charge on any atom is -0.493 e. The van der Waals surface area contributed by atoms with Crippen molar-refractivity contribution in [3.8, 4) is 11.5 Å². The molecule has 4 rings (SSSR count). The first-order chi connectivity index (χ1) is 14.3. The summed E-state index contributed by atoms with van der Waals surface area (Å²) in [6.07, 6.45) is 0.755. The summed E-state index contributed by atoms with van der Waals surface area (Å²) < 4.78 is 38.2. The van der Waals surface area contributed by atoms with Gasteiger partial charge in [-0.15, -0.1) is 0 Å². The number of hydrogen-bond donors (Lipinski definition) is 0. The molecule has 0 aromatic heterocycles. The highest BCUT2D eigenvalue weighted by atomic mass is 32.2. The lowest BCUT2D eigenvalue weighted by molar-refractivity contribution is -0.387. The minimum absolute atomic E-state index is 0.00115. The summed E-state index contributed by atoms with van der Waals surface area (Å²) in [5, 5.41) is 11.4. The average molecular weight is 432 g/mol. The molecule has 1 heterocycles. The number of carbonyl (C=O) groups is 1. The molecule has 2 aromatic rings. The van der Waals surface area contributed by atoms with Gasteiger partial charge < -0.3 is 9.47 Å². The molecule has 1 saturated heterocycles. The SMILES string of the molecule is COc1cc2c(cc1OC)[C@@H]1CC(=O)N(S(=O)(=O)c3ccccc3[N+](=O)[O-])[C@H](C2)C1. The zero-order valence-electron chi connectivity index (χ0n) is 16.4. The molecular formula is C20H20N2O7S. The van der Waals surface area contributed by atoms with Gasteiger partial charge >= 0.3 is 0 Å². The number of nitrogens with zero attached hydrogens (tertiary/aromatic N) is 2. The minimum atomic E-state index is -4.38. The highest BCUT2D eigenvalue weighted by Gasteiger charge is 2.46. The first kappa shape index (κ1) is 20.1. The summed E-state index contributed by atoms with van der Waals surface area (Å²) in [5.74, 6) is 0.367. The molecule has 0 saturated carbocycles. The number of fused-ring (bicyclic) bond motifs is 4. The van der Waals surface area contributed by atoms with Crippen molar-refractivity contribution in [2.45, 2.75) is 36.1 Å². The van der Waals surface area contributed by atoms with Crippen molar-refractivity contribution in [1.82, 2.24) is 4.31 Å². The number of carbonyl (C=O) groups excluding carboxylic acids is 1. The average Bonchev–Trinajstić information content (AvgIpc) is 2.72. The van der Waals surface area contributed by atoms with Crippen LogP contribution in [0.4, 0.5) is 5.69 Å². The highest BCUT2D eigenvalue weighted by molar-refractivity contribution is 7.89. The molecule has 2 atom stereocenters. The van der Waals surface area contributed by atoms with E-state index in [2.05, 4.69) is 0 Å². The maximum Gasteiger partial charge on any atom is 0.289 e. The van der Waals surface area contributed by atoms with Crippen molar-refractivity contribution in [3.05, 3.63) is 57.6 Å². The smallest absolute Gasteiger partial charge is 0.289 e. The number of nitro benzene ring substituents is 1. The van der Waals surface area contributed by atoms with Gasteiger partial charge in [-0.05, 0) is 48.1 Å². The fourth-order valence-electron chi connectivity index (χ4n) is 4.42. The van der Waals surface area contributed by atoms with Crippen LogP contribution in [0.2, 0.25) is 0 Å². The maximum absolute atomic E-state index is 13.3. The molecule has 9 nitrogen and oxygen atoms in total. The zero-order valence-corrected chi connectivity index (χ0v) is 17.2. The molecule has 2 aliphatic rings. The Labute approximate surface area is 173 Å². The lowest BCUT2D eigenvalue weighted by atomic mass is 9.76. The van der Waals surface area contributed by atoms with Gasteiger partial charge in [-0.25, -0.2) is 12.7 Å². The second-order valence-electron chi connectivity index (χ2n) is 7.32. The highest BCUT2D eigenvalue weighted by Crippen LogP contribution is 2.46. The van der Waals surface area contributed by atoms with Crippen molar-refractivity contribution in [2.75, 3.05) is 14.2 Å². The van der Waals surface area contributed by atoms with Gasteiger partial charge in [-0.1, -0.05) is 12.1 Å². The molecule has 158 valence electrons. The van der Waals surface area contributed by atoms with Gasteiger partial charge in [0, 0.05) is 12.5 Å². The number of para-hydroxylation sites is 1. The number of ether oxygens (including phenoxy) is 2. The summed E-state index contributed by atoms with van der Waals surface area (Å²) in [5.41, 5.74) is 1.28. The van der Waals surface area contributed by atoms with E-state index in [1.807, 2.05) is 6.07 Å².